The summed E-state index contributed by atoms with van der Waals surface area (Å²) in [5.74, 6) is -0.855. The number of nitrogens with one attached hydrogen (secondary N) is 2. The number of carbonyl (C=O) groups excluding carboxylic acids is 1. The molecule has 3 N–H and O–H groups in total. The molecule has 0 unspecified atom stereocenters. The summed E-state index contributed by atoms with van der Waals surface area (Å²) in [4.78, 5) is 38.3. The number of unbranched alkanes of at least 4 members (excludes halogenated alkanes) is 3. The minimum atomic E-state index is -0.804. The van der Waals surface area contributed by atoms with Crippen molar-refractivity contribution in [2.45, 2.75) is 46.0 Å². The second-order valence-corrected chi connectivity index (χ2v) is 6.75. The first-order valence-electron chi connectivity index (χ1n) is 9.03. The van der Waals surface area contributed by atoms with Gasteiger partial charge in [-0.05, 0) is 37.6 Å². The van der Waals surface area contributed by atoms with Crippen molar-refractivity contribution in [1.29, 1.82) is 0 Å². The van der Waals surface area contributed by atoms with Crippen LogP contribution in [0.4, 0.5) is 0 Å². The smallest absolute Gasteiger partial charge is 0.335 e. The van der Waals surface area contributed by atoms with Crippen LogP contribution in [0, 0.1) is 0 Å². The number of hydrogen-bond acceptors (Lipinski definition) is 5. The molecule has 0 bridgehead atoms. The molecule has 1 aromatic heterocycles. The number of amides is 1. The van der Waals surface area contributed by atoms with Gasteiger partial charge in [0.05, 0.1) is 11.4 Å². The van der Waals surface area contributed by atoms with Crippen LogP contribution in [-0.4, -0.2) is 26.3 Å². The number of rotatable bonds is 8. The highest BCUT2D eigenvalue weighted by atomic mass is 35.5. The van der Waals surface area contributed by atoms with Crippen molar-refractivity contribution in [2.24, 2.45) is 5.10 Å². The number of halogens is 1. The van der Waals surface area contributed by atoms with Crippen LogP contribution in [0.25, 0.3) is 5.69 Å². The molecule has 1 amide bonds. The number of hydrogen-bond donors (Lipinski definition) is 3. The van der Waals surface area contributed by atoms with E-state index in [0.717, 1.165) is 30.3 Å². The molecule has 9 heteroatoms. The van der Waals surface area contributed by atoms with Gasteiger partial charge in [-0.2, -0.15) is 5.10 Å². The minimum absolute atomic E-state index is 0.0726. The van der Waals surface area contributed by atoms with Crippen molar-refractivity contribution in [3.63, 3.8) is 0 Å². The summed E-state index contributed by atoms with van der Waals surface area (Å²) in [6, 6.07) is 6.15. The van der Waals surface area contributed by atoms with Gasteiger partial charge in [-0.25, -0.2) is 14.8 Å². The molecule has 0 saturated heterocycles. The van der Waals surface area contributed by atoms with Gasteiger partial charge in [0.2, 0.25) is 11.8 Å². The molecule has 8 nitrogen and oxygen atoms in total. The lowest BCUT2D eigenvalue weighted by Crippen LogP contribution is -2.33. The second kappa shape index (κ2) is 9.89. The molecule has 0 spiro atoms. The van der Waals surface area contributed by atoms with Gasteiger partial charge < -0.3 is 5.11 Å². The second-order valence-electron chi connectivity index (χ2n) is 6.31. The van der Waals surface area contributed by atoms with Crippen molar-refractivity contribution in [3.8, 4) is 11.6 Å². The van der Waals surface area contributed by atoms with Crippen LogP contribution in [0.5, 0.6) is 5.88 Å². The number of aromatic nitrogens is 2. The Morgan fingerprint density at radius 2 is 1.89 bits per heavy atom. The van der Waals surface area contributed by atoms with E-state index in [2.05, 4.69) is 22.4 Å². The summed E-state index contributed by atoms with van der Waals surface area (Å²) in [6.07, 6.45) is 4.17. The Balaban J connectivity index is 2.28. The number of benzene rings is 1. The standard InChI is InChI=1S/C19H23ClN4O4/c1-3-4-5-6-7-15(25)23-22-12(2)16-17(26)21-19(28)24(18(16)27)14-10-8-13(20)9-11-14/h8-11,27H,3-7H2,1-2H3,(H,23,25)(H,21,26,28). The van der Waals surface area contributed by atoms with E-state index in [1.807, 2.05) is 0 Å². The van der Waals surface area contributed by atoms with Gasteiger partial charge in [0.25, 0.3) is 5.56 Å². The summed E-state index contributed by atoms with van der Waals surface area (Å²) < 4.78 is 0.929. The molecule has 28 heavy (non-hydrogen) atoms. The van der Waals surface area contributed by atoms with E-state index >= 15 is 0 Å². The quantitative estimate of drug-likeness (QED) is 0.355. The molecule has 0 atom stereocenters. The van der Waals surface area contributed by atoms with Gasteiger partial charge in [-0.3, -0.25) is 14.6 Å². The fourth-order valence-corrected chi connectivity index (χ4v) is 2.78. The lowest BCUT2D eigenvalue weighted by Gasteiger charge is -2.11. The third kappa shape index (κ3) is 5.32. The van der Waals surface area contributed by atoms with Crippen LogP contribution >= 0.6 is 11.6 Å². The van der Waals surface area contributed by atoms with Gasteiger partial charge in [0.15, 0.2) is 0 Å². The zero-order chi connectivity index (χ0) is 20.7. The molecule has 0 radical (unpaired) electrons. The number of aromatic hydroxyl groups is 1. The molecular weight excluding hydrogens is 384 g/mol. The van der Waals surface area contributed by atoms with Crippen LogP contribution in [0.3, 0.4) is 0 Å². The molecule has 2 rings (SSSR count). The Morgan fingerprint density at radius 3 is 2.54 bits per heavy atom. The first-order valence-corrected chi connectivity index (χ1v) is 9.40. The highest BCUT2D eigenvalue weighted by Gasteiger charge is 2.18. The number of H-pyrrole nitrogens is 1. The summed E-state index contributed by atoms with van der Waals surface area (Å²) in [5, 5.41) is 14.9. The Kier molecular flexibility index (Phi) is 7.57. The van der Waals surface area contributed by atoms with Crippen LogP contribution in [0.15, 0.2) is 39.0 Å². The molecule has 1 heterocycles. The summed E-state index contributed by atoms with van der Waals surface area (Å²) in [5.41, 5.74) is 0.952. The van der Waals surface area contributed by atoms with Crippen LogP contribution in [0.2, 0.25) is 5.02 Å². The maximum Gasteiger partial charge on any atom is 0.335 e. The third-order valence-corrected chi connectivity index (χ3v) is 4.39. The topological polar surface area (TPSA) is 117 Å². The van der Waals surface area contributed by atoms with Gasteiger partial charge >= 0.3 is 5.69 Å². The largest absolute Gasteiger partial charge is 0.493 e. The highest BCUT2D eigenvalue weighted by Crippen LogP contribution is 2.19. The molecule has 1 aromatic carbocycles. The maximum absolute atomic E-state index is 12.2. The third-order valence-electron chi connectivity index (χ3n) is 4.14. The van der Waals surface area contributed by atoms with Crippen molar-refractivity contribution in [3.05, 3.63) is 55.7 Å². The predicted octanol–water partition coefficient (Wildman–Crippen LogP) is 2.70. The SMILES string of the molecule is CCCCCCC(=O)NN=C(C)c1c(O)n(-c2ccc(Cl)cc2)c(=O)[nH]c1=O. The van der Waals surface area contributed by atoms with E-state index in [-0.39, 0.29) is 17.2 Å². The Bertz CT molecular complexity index is 977. The average Bonchev–Trinajstić information content (AvgIpc) is 2.64. The van der Waals surface area contributed by atoms with E-state index in [0.29, 0.717) is 17.1 Å². The summed E-state index contributed by atoms with van der Waals surface area (Å²) in [6.45, 7) is 3.54. The van der Waals surface area contributed by atoms with E-state index in [1.165, 1.54) is 19.1 Å². The zero-order valence-electron chi connectivity index (χ0n) is 15.8. The molecule has 0 saturated carbocycles. The van der Waals surface area contributed by atoms with Gasteiger partial charge in [-0.15, -0.1) is 0 Å². The minimum Gasteiger partial charge on any atom is -0.493 e. The van der Waals surface area contributed by atoms with Gasteiger partial charge in [0, 0.05) is 11.4 Å². The Labute approximate surface area is 166 Å². The Morgan fingerprint density at radius 1 is 1.21 bits per heavy atom. The fraction of sp³-hybridized carbons (Fsp3) is 0.368. The van der Waals surface area contributed by atoms with Crippen LogP contribution in [0.1, 0.15) is 51.5 Å². The van der Waals surface area contributed by atoms with Crippen molar-refractivity contribution in [1.82, 2.24) is 15.0 Å². The monoisotopic (exact) mass is 406 g/mol. The molecule has 0 fully saturated rings. The Hall–Kier alpha value is -2.87. The van der Waals surface area contributed by atoms with Gasteiger partial charge in [-0.1, -0.05) is 37.8 Å². The maximum atomic E-state index is 12.2. The molecule has 150 valence electrons. The molecular formula is C19H23ClN4O4. The lowest BCUT2D eigenvalue weighted by atomic mass is 10.1. The van der Waals surface area contributed by atoms with E-state index in [9.17, 15) is 19.5 Å². The number of nitrogens with zero attached hydrogens (tertiary/aromatic N) is 2. The summed E-state index contributed by atoms with van der Waals surface area (Å²) >= 11 is 5.84. The average molecular weight is 407 g/mol. The van der Waals surface area contributed by atoms with Crippen molar-refractivity contribution >= 4 is 23.2 Å². The van der Waals surface area contributed by atoms with Crippen molar-refractivity contribution < 1.29 is 9.90 Å². The first kappa shape index (κ1) is 21.4. The zero-order valence-corrected chi connectivity index (χ0v) is 16.5. The van der Waals surface area contributed by atoms with Crippen LogP contribution < -0.4 is 16.7 Å². The number of hydrazone groups is 1. The highest BCUT2D eigenvalue weighted by molar-refractivity contribution is 6.30. The van der Waals surface area contributed by atoms with Crippen molar-refractivity contribution in [2.75, 3.05) is 0 Å². The number of carbonyl (C=O) groups is 1. The number of aromatic amines is 1. The van der Waals surface area contributed by atoms with E-state index < -0.39 is 17.1 Å². The first-order chi connectivity index (χ1) is 13.3. The fourth-order valence-electron chi connectivity index (χ4n) is 2.65. The lowest BCUT2D eigenvalue weighted by molar-refractivity contribution is -0.121. The van der Waals surface area contributed by atoms with E-state index in [1.54, 1.807) is 12.1 Å². The molecule has 0 aliphatic heterocycles. The normalized spacial score (nSPS) is 11.5. The molecule has 0 aliphatic carbocycles. The molecule has 2 aromatic rings. The predicted molar refractivity (Wildman–Crippen MR) is 108 cm³/mol. The van der Waals surface area contributed by atoms with Crippen LogP contribution in [-0.2, 0) is 4.79 Å². The van der Waals surface area contributed by atoms with E-state index in [4.69, 9.17) is 11.6 Å². The van der Waals surface area contributed by atoms with Gasteiger partial charge in [0.1, 0.15) is 5.56 Å². The summed E-state index contributed by atoms with van der Waals surface area (Å²) in [7, 11) is 0. The molecule has 0 aliphatic rings.